The lowest BCUT2D eigenvalue weighted by Gasteiger charge is -2.20. The smallest absolute Gasteiger partial charge is 0.374 e. The molecule has 1 aromatic rings. The Bertz CT molecular complexity index is 546. The Labute approximate surface area is 125 Å². The molecule has 0 saturated carbocycles. The van der Waals surface area contributed by atoms with Crippen molar-refractivity contribution in [1.82, 2.24) is 0 Å². The van der Waals surface area contributed by atoms with Crippen molar-refractivity contribution in [2.45, 2.75) is 26.1 Å². The summed E-state index contributed by atoms with van der Waals surface area (Å²) in [6.07, 6.45) is 4.22. The molecule has 114 valence electrons. The van der Waals surface area contributed by atoms with Crippen molar-refractivity contribution < 1.29 is 18.5 Å². The molecule has 0 amide bonds. The summed E-state index contributed by atoms with van der Waals surface area (Å²) in [5.74, 6) is -0.659. The van der Waals surface area contributed by atoms with Gasteiger partial charge in [0.25, 0.3) is 0 Å². The van der Waals surface area contributed by atoms with Crippen molar-refractivity contribution in [1.29, 1.82) is 0 Å². The third-order valence-corrected chi connectivity index (χ3v) is 5.13. The molecule has 6 heteroatoms. The SMILES string of the molecule is CCOP(=O)(OCC)C1CC(C=Cc2ccccc2)=NO1. The van der Waals surface area contributed by atoms with Crippen LogP contribution in [0.2, 0.25) is 0 Å². The van der Waals surface area contributed by atoms with Gasteiger partial charge in [0.05, 0.1) is 18.9 Å². The Balaban J connectivity index is 1.99. The number of hydrogen-bond donors (Lipinski definition) is 0. The summed E-state index contributed by atoms with van der Waals surface area (Å²) in [6.45, 7) is 4.17. The molecule has 1 heterocycles. The van der Waals surface area contributed by atoms with E-state index in [1.54, 1.807) is 13.8 Å². The van der Waals surface area contributed by atoms with Crippen LogP contribution >= 0.6 is 7.60 Å². The minimum Gasteiger partial charge on any atom is -0.379 e. The van der Waals surface area contributed by atoms with E-state index in [9.17, 15) is 4.57 Å². The molecule has 0 aromatic heterocycles. The van der Waals surface area contributed by atoms with Crippen LogP contribution in [0.3, 0.4) is 0 Å². The second-order valence-corrected chi connectivity index (χ2v) is 6.64. The van der Waals surface area contributed by atoms with Gasteiger partial charge in [0.2, 0.25) is 5.85 Å². The maximum Gasteiger partial charge on any atom is 0.374 e. The summed E-state index contributed by atoms with van der Waals surface area (Å²) in [5.41, 5.74) is 1.80. The molecule has 5 nitrogen and oxygen atoms in total. The van der Waals surface area contributed by atoms with Gasteiger partial charge in [-0.1, -0.05) is 41.6 Å². The largest absolute Gasteiger partial charge is 0.379 e. The molecule has 0 radical (unpaired) electrons. The van der Waals surface area contributed by atoms with E-state index in [-0.39, 0.29) is 0 Å². The lowest BCUT2D eigenvalue weighted by Crippen LogP contribution is -2.13. The van der Waals surface area contributed by atoms with Crippen molar-refractivity contribution in [3.05, 3.63) is 42.0 Å². The summed E-state index contributed by atoms with van der Waals surface area (Å²) in [5, 5.41) is 3.96. The number of rotatable bonds is 7. The summed E-state index contributed by atoms with van der Waals surface area (Å²) in [6, 6.07) is 9.89. The molecule has 1 unspecified atom stereocenters. The molecular weight excluding hydrogens is 289 g/mol. The van der Waals surface area contributed by atoms with Gasteiger partial charge in [-0.05, 0) is 25.5 Å². The standard InChI is InChI=1S/C15H20NO4P/c1-3-18-21(17,19-4-2)15-12-14(16-20-15)11-10-13-8-6-5-7-9-13/h5-11,15H,3-4,12H2,1-2H3. The highest BCUT2D eigenvalue weighted by Gasteiger charge is 2.41. The molecule has 0 saturated heterocycles. The Morgan fingerprint density at radius 1 is 1.24 bits per heavy atom. The monoisotopic (exact) mass is 309 g/mol. The summed E-state index contributed by atoms with van der Waals surface area (Å²) in [7, 11) is -3.27. The van der Waals surface area contributed by atoms with E-state index >= 15 is 0 Å². The zero-order valence-electron chi connectivity index (χ0n) is 12.3. The molecule has 0 fully saturated rings. The van der Waals surface area contributed by atoms with Gasteiger partial charge in [-0.3, -0.25) is 4.57 Å². The third-order valence-electron chi connectivity index (χ3n) is 2.91. The van der Waals surface area contributed by atoms with E-state index in [1.165, 1.54) is 0 Å². The molecule has 0 aliphatic carbocycles. The quantitative estimate of drug-likeness (QED) is 0.712. The first-order valence-electron chi connectivity index (χ1n) is 7.02. The third kappa shape index (κ3) is 4.27. The average molecular weight is 309 g/mol. The molecule has 2 rings (SSSR count). The van der Waals surface area contributed by atoms with E-state index in [2.05, 4.69) is 5.16 Å². The lowest BCUT2D eigenvalue weighted by atomic mass is 10.2. The van der Waals surface area contributed by atoms with Crippen LogP contribution in [0, 0.1) is 0 Å². The van der Waals surface area contributed by atoms with E-state index in [4.69, 9.17) is 13.9 Å². The highest BCUT2D eigenvalue weighted by Crippen LogP contribution is 2.56. The maximum absolute atomic E-state index is 12.6. The van der Waals surface area contributed by atoms with Gasteiger partial charge >= 0.3 is 7.60 Å². The molecule has 0 spiro atoms. The van der Waals surface area contributed by atoms with Crippen molar-refractivity contribution in [3.63, 3.8) is 0 Å². The predicted octanol–water partition coefficient (Wildman–Crippen LogP) is 4.07. The first-order valence-corrected chi connectivity index (χ1v) is 8.63. The van der Waals surface area contributed by atoms with Crippen LogP contribution in [0.5, 0.6) is 0 Å². The number of oxime groups is 1. The molecule has 0 N–H and O–H groups in total. The predicted molar refractivity (Wildman–Crippen MR) is 83.3 cm³/mol. The van der Waals surface area contributed by atoms with E-state index in [0.29, 0.717) is 19.6 Å². The fraction of sp³-hybridized carbons (Fsp3) is 0.400. The van der Waals surface area contributed by atoms with Crippen molar-refractivity contribution >= 4 is 19.4 Å². The second-order valence-electron chi connectivity index (χ2n) is 4.47. The molecule has 21 heavy (non-hydrogen) atoms. The van der Waals surface area contributed by atoms with Crippen LogP contribution in [0.15, 0.2) is 41.6 Å². The molecule has 1 atom stereocenters. The fourth-order valence-corrected chi connectivity index (χ4v) is 3.67. The van der Waals surface area contributed by atoms with E-state index in [1.807, 2.05) is 42.5 Å². The minimum atomic E-state index is -3.27. The average Bonchev–Trinajstić information content (AvgIpc) is 2.96. The van der Waals surface area contributed by atoms with Crippen LogP contribution in [-0.4, -0.2) is 24.8 Å². The molecule has 1 aliphatic heterocycles. The Morgan fingerprint density at radius 2 is 1.90 bits per heavy atom. The zero-order valence-corrected chi connectivity index (χ0v) is 13.2. The van der Waals surface area contributed by atoms with Crippen molar-refractivity contribution in [3.8, 4) is 0 Å². The van der Waals surface area contributed by atoms with Gasteiger partial charge in [0.15, 0.2) is 0 Å². The van der Waals surface area contributed by atoms with Gasteiger partial charge in [0, 0.05) is 6.42 Å². The van der Waals surface area contributed by atoms with Gasteiger partial charge in [-0.15, -0.1) is 0 Å². The molecule has 0 bridgehead atoms. The number of allylic oxidation sites excluding steroid dienone is 1. The number of nitrogens with zero attached hydrogens (tertiary/aromatic N) is 1. The minimum absolute atomic E-state index is 0.312. The molecule has 1 aliphatic rings. The number of benzene rings is 1. The molecular formula is C15H20NO4P. The van der Waals surface area contributed by atoms with Gasteiger partial charge in [-0.2, -0.15) is 0 Å². The molecule has 1 aromatic carbocycles. The van der Waals surface area contributed by atoms with Crippen LogP contribution in [0.1, 0.15) is 25.8 Å². The highest BCUT2D eigenvalue weighted by atomic mass is 31.2. The van der Waals surface area contributed by atoms with Gasteiger partial charge < -0.3 is 13.9 Å². The Kier molecular flexibility index (Phi) is 5.74. The Hall–Kier alpha value is -1.42. The summed E-state index contributed by atoms with van der Waals surface area (Å²) >= 11 is 0. The summed E-state index contributed by atoms with van der Waals surface area (Å²) < 4.78 is 23.1. The Morgan fingerprint density at radius 3 is 2.52 bits per heavy atom. The highest BCUT2D eigenvalue weighted by molar-refractivity contribution is 7.54. The van der Waals surface area contributed by atoms with Crippen LogP contribution in [0.25, 0.3) is 6.08 Å². The summed E-state index contributed by atoms with van der Waals surface area (Å²) in [4.78, 5) is 5.25. The van der Waals surface area contributed by atoms with Crippen molar-refractivity contribution in [2.75, 3.05) is 13.2 Å². The topological polar surface area (TPSA) is 57.1 Å². The van der Waals surface area contributed by atoms with Crippen molar-refractivity contribution in [2.24, 2.45) is 5.16 Å². The first-order chi connectivity index (χ1) is 10.2. The first kappa shape index (κ1) is 16.0. The van der Waals surface area contributed by atoms with Crippen LogP contribution in [0.4, 0.5) is 0 Å². The normalized spacial score (nSPS) is 18.8. The van der Waals surface area contributed by atoms with E-state index < -0.39 is 13.4 Å². The van der Waals surface area contributed by atoms with Crippen LogP contribution in [-0.2, 0) is 18.5 Å². The van der Waals surface area contributed by atoms with Crippen LogP contribution < -0.4 is 0 Å². The van der Waals surface area contributed by atoms with Gasteiger partial charge in [0.1, 0.15) is 0 Å². The number of hydrogen-bond acceptors (Lipinski definition) is 5. The fourth-order valence-electron chi connectivity index (χ4n) is 1.97. The lowest BCUT2D eigenvalue weighted by molar-refractivity contribution is 0.0959. The van der Waals surface area contributed by atoms with E-state index in [0.717, 1.165) is 11.3 Å². The second kappa shape index (κ2) is 7.55. The zero-order chi connectivity index (χ0) is 15.1. The maximum atomic E-state index is 12.6. The van der Waals surface area contributed by atoms with Gasteiger partial charge in [-0.25, -0.2) is 0 Å².